The summed E-state index contributed by atoms with van der Waals surface area (Å²) in [5, 5.41) is 10.2. The van der Waals surface area contributed by atoms with Crippen LogP contribution in [0.4, 0.5) is 0 Å². The molecular formula is C5H11NO4S. The first kappa shape index (κ1) is 10.4. The number of hydroxylamine groups is 1. The molecule has 0 spiro atoms. The van der Waals surface area contributed by atoms with Crippen LogP contribution in [0.3, 0.4) is 0 Å². The summed E-state index contributed by atoms with van der Waals surface area (Å²) in [6, 6.07) is 0. The third kappa shape index (κ3) is 9.38. The molecule has 0 aliphatic heterocycles. The molecule has 0 aliphatic rings. The third-order valence-corrected chi connectivity index (χ3v) is 1.86. The minimum atomic E-state index is -3.86. The molecule has 0 aromatic heterocycles. The Labute approximate surface area is 65.7 Å². The average molecular weight is 181 g/mol. The summed E-state index contributed by atoms with van der Waals surface area (Å²) >= 11 is 0. The van der Waals surface area contributed by atoms with Crippen LogP contribution in [-0.2, 0) is 10.1 Å². The molecule has 11 heavy (non-hydrogen) atoms. The molecule has 0 fully saturated rings. The largest absolute Gasteiger partial charge is 0.624 e. The van der Waals surface area contributed by atoms with Crippen LogP contribution in [0.2, 0.25) is 0 Å². The highest BCUT2D eigenvalue weighted by atomic mass is 32.2. The minimum absolute atomic E-state index is 0.190. The summed E-state index contributed by atoms with van der Waals surface area (Å²) in [4.78, 5) is 0. The Hall–Kier alpha value is -0.620. The Morgan fingerprint density at radius 2 is 2.00 bits per heavy atom. The van der Waals surface area contributed by atoms with Crippen molar-refractivity contribution in [2.75, 3.05) is 12.3 Å². The number of unbranched alkanes of at least 4 members (excludes halogenated alkanes) is 1. The van der Waals surface area contributed by atoms with Gasteiger partial charge in [-0.1, -0.05) is 0 Å². The third-order valence-electron chi connectivity index (χ3n) is 1.06. The molecule has 0 saturated carbocycles. The Bertz CT molecular complexity index is 221. The fourth-order valence-electron chi connectivity index (χ4n) is 0.573. The van der Waals surface area contributed by atoms with Gasteiger partial charge in [0.2, 0.25) is 0 Å². The molecule has 5 nitrogen and oxygen atoms in total. The van der Waals surface area contributed by atoms with E-state index in [9.17, 15) is 13.6 Å². The minimum Gasteiger partial charge on any atom is -0.624 e. The topological polar surface area (TPSA) is 80.4 Å². The van der Waals surface area contributed by atoms with Crippen molar-refractivity contribution in [3.8, 4) is 0 Å². The van der Waals surface area contributed by atoms with Crippen molar-refractivity contribution in [2.45, 2.75) is 12.8 Å². The maximum absolute atomic E-state index is 10.2. The Morgan fingerprint density at radius 3 is 2.36 bits per heavy atom. The van der Waals surface area contributed by atoms with Crippen LogP contribution in [0.1, 0.15) is 12.8 Å². The second kappa shape index (κ2) is 4.30. The number of rotatable bonds is 5. The first-order valence-electron chi connectivity index (χ1n) is 3.12. The van der Waals surface area contributed by atoms with Gasteiger partial charge < -0.3 is 5.21 Å². The molecule has 0 atom stereocenters. The molecule has 0 saturated heterocycles. The molecule has 0 aromatic carbocycles. The SMILES string of the molecule is C=[N+]([O-])CCCCS(=O)(=O)O. The average Bonchev–Trinajstić information content (AvgIpc) is 1.78. The van der Waals surface area contributed by atoms with Crippen LogP contribution in [0.25, 0.3) is 0 Å². The summed E-state index contributed by atoms with van der Waals surface area (Å²) in [5.74, 6) is -0.291. The molecule has 66 valence electrons. The lowest BCUT2D eigenvalue weighted by atomic mass is 10.3. The predicted molar refractivity (Wildman–Crippen MR) is 41.3 cm³/mol. The van der Waals surface area contributed by atoms with Crippen LogP contribution in [0, 0.1) is 5.21 Å². The van der Waals surface area contributed by atoms with Gasteiger partial charge in [0.1, 0.15) is 6.72 Å². The fourth-order valence-corrected chi connectivity index (χ4v) is 1.14. The van der Waals surface area contributed by atoms with Crippen molar-refractivity contribution < 1.29 is 17.7 Å². The molecule has 0 radical (unpaired) electrons. The zero-order valence-electron chi connectivity index (χ0n) is 6.06. The molecule has 6 heteroatoms. The molecule has 0 heterocycles. The summed E-state index contributed by atoms with van der Waals surface area (Å²) in [6.07, 6.45) is 0.708. The van der Waals surface area contributed by atoms with Gasteiger partial charge in [0.15, 0.2) is 6.54 Å². The highest BCUT2D eigenvalue weighted by Gasteiger charge is 2.03. The monoisotopic (exact) mass is 181 g/mol. The quantitative estimate of drug-likeness (QED) is 0.160. The molecule has 0 rings (SSSR count). The van der Waals surface area contributed by atoms with E-state index in [1.807, 2.05) is 0 Å². The molecular weight excluding hydrogens is 170 g/mol. The van der Waals surface area contributed by atoms with Gasteiger partial charge in [-0.3, -0.25) is 4.55 Å². The van der Waals surface area contributed by atoms with Crippen LogP contribution in [0.5, 0.6) is 0 Å². The number of nitrogens with zero attached hydrogens (tertiary/aromatic N) is 1. The summed E-state index contributed by atoms with van der Waals surface area (Å²) in [6.45, 7) is 3.23. The van der Waals surface area contributed by atoms with Gasteiger partial charge in [-0.15, -0.1) is 0 Å². The lowest BCUT2D eigenvalue weighted by Crippen LogP contribution is -2.07. The van der Waals surface area contributed by atoms with Crippen LogP contribution in [0.15, 0.2) is 0 Å². The van der Waals surface area contributed by atoms with Crippen molar-refractivity contribution in [1.82, 2.24) is 0 Å². The van der Waals surface area contributed by atoms with E-state index in [0.717, 1.165) is 0 Å². The Kier molecular flexibility index (Phi) is 4.06. The van der Waals surface area contributed by atoms with E-state index < -0.39 is 10.1 Å². The first-order chi connectivity index (χ1) is 4.92. The smallest absolute Gasteiger partial charge is 0.264 e. The maximum atomic E-state index is 10.2. The maximum Gasteiger partial charge on any atom is 0.264 e. The van der Waals surface area contributed by atoms with Gasteiger partial charge in [-0.2, -0.15) is 8.42 Å². The van der Waals surface area contributed by atoms with Crippen molar-refractivity contribution >= 4 is 16.8 Å². The summed E-state index contributed by atoms with van der Waals surface area (Å²) < 4.78 is 29.0. The van der Waals surface area contributed by atoms with Crippen molar-refractivity contribution in [1.29, 1.82) is 0 Å². The lowest BCUT2D eigenvalue weighted by Gasteiger charge is -1.99. The van der Waals surface area contributed by atoms with Gasteiger partial charge in [-0.25, -0.2) is 4.74 Å². The van der Waals surface area contributed by atoms with Crippen molar-refractivity contribution in [3.05, 3.63) is 5.21 Å². The standard InChI is InChI=1S/C5H11NO4S/c1-6(7)4-2-3-5-11(8,9)10/h1-5H2,(H,8,9,10). The lowest BCUT2D eigenvalue weighted by molar-refractivity contribution is -0.448. The van der Waals surface area contributed by atoms with Crippen LogP contribution < -0.4 is 0 Å². The Balaban J connectivity index is 3.37. The highest BCUT2D eigenvalue weighted by molar-refractivity contribution is 7.85. The van der Waals surface area contributed by atoms with E-state index in [1.165, 1.54) is 0 Å². The van der Waals surface area contributed by atoms with Gasteiger partial charge in [-0.05, 0) is 6.42 Å². The van der Waals surface area contributed by atoms with Gasteiger partial charge in [0, 0.05) is 6.42 Å². The molecule has 0 aliphatic carbocycles. The van der Waals surface area contributed by atoms with Gasteiger partial charge in [0.05, 0.1) is 5.75 Å². The van der Waals surface area contributed by atoms with E-state index in [4.69, 9.17) is 4.55 Å². The molecule has 0 bridgehead atoms. The predicted octanol–water partition coefficient (Wildman–Crippen LogP) is -0.135. The van der Waals surface area contributed by atoms with E-state index in [0.29, 0.717) is 11.2 Å². The van der Waals surface area contributed by atoms with Crippen molar-refractivity contribution in [3.63, 3.8) is 0 Å². The van der Waals surface area contributed by atoms with Gasteiger partial charge >= 0.3 is 0 Å². The normalized spacial score (nSPS) is 11.4. The second-order valence-corrected chi connectivity index (χ2v) is 3.77. The number of hydrogen-bond donors (Lipinski definition) is 1. The van der Waals surface area contributed by atoms with E-state index in [2.05, 4.69) is 6.72 Å². The van der Waals surface area contributed by atoms with E-state index >= 15 is 0 Å². The zero-order valence-corrected chi connectivity index (χ0v) is 6.88. The zero-order chi connectivity index (χ0) is 8.91. The van der Waals surface area contributed by atoms with E-state index in [-0.39, 0.29) is 18.7 Å². The molecule has 0 amide bonds. The Morgan fingerprint density at radius 1 is 1.45 bits per heavy atom. The summed E-state index contributed by atoms with van der Waals surface area (Å²) in [5.41, 5.74) is 0. The van der Waals surface area contributed by atoms with Crippen LogP contribution >= 0.6 is 0 Å². The van der Waals surface area contributed by atoms with E-state index in [1.54, 1.807) is 0 Å². The van der Waals surface area contributed by atoms with Crippen molar-refractivity contribution in [2.24, 2.45) is 0 Å². The second-order valence-electron chi connectivity index (χ2n) is 2.20. The van der Waals surface area contributed by atoms with Gasteiger partial charge in [0.25, 0.3) is 10.1 Å². The first-order valence-corrected chi connectivity index (χ1v) is 4.73. The molecule has 1 N–H and O–H groups in total. The van der Waals surface area contributed by atoms with Crippen LogP contribution in [-0.4, -0.2) is 36.7 Å². The number of hydrogen-bond acceptors (Lipinski definition) is 3. The highest BCUT2D eigenvalue weighted by Crippen LogP contribution is 1.93. The molecule has 0 aromatic rings. The summed E-state index contributed by atoms with van der Waals surface area (Å²) in [7, 11) is -3.86. The fraction of sp³-hybridized carbons (Fsp3) is 0.800. The molecule has 0 unspecified atom stereocenters.